The van der Waals surface area contributed by atoms with Crippen LogP contribution in [0.3, 0.4) is 0 Å². The van der Waals surface area contributed by atoms with Crippen molar-refractivity contribution in [3.05, 3.63) is 78.1 Å². The molecule has 0 atom stereocenters. The molecule has 0 unspecified atom stereocenters. The molecule has 0 radical (unpaired) electrons. The summed E-state index contributed by atoms with van der Waals surface area (Å²) >= 11 is 0. The summed E-state index contributed by atoms with van der Waals surface area (Å²) in [6, 6.07) is 16.1. The van der Waals surface area contributed by atoms with Gasteiger partial charge in [-0.15, -0.1) is 0 Å². The number of methoxy groups -OCH3 is 1. The number of rotatable bonds is 6. The summed E-state index contributed by atoms with van der Waals surface area (Å²) in [5, 5.41) is 2.71. The van der Waals surface area contributed by atoms with Gasteiger partial charge in [0.25, 0.3) is 15.9 Å². The molecule has 0 spiro atoms. The van der Waals surface area contributed by atoms with Crippen molar-refractivity contribution in [2.45, 2.75) is 11.8 Å². The third-order valence-electron chi connectivity index (χ3n) is 4.01. The van der Waals surface area contributed by atoms with E-state index in [2.05, 4.69) is 15.0 Å². The zero-order valence-electron chi connectivity index (χ0n) is 15.3. The first-order chi connectivity index (χ1) is 13.4. The lowest BCUT2D eigenvalue weighted by molar-refractivity contribution is 0.102. The number of benzene rings is 2. The van der Waals surface area contributed by atoms with E-state index in [1.165, 1.54) is 25.4 Å². The molecule has 2 N–H and O–H groups in total. The maximum Gasteiger partial charge on any atom is 0.274 e. The normalized spacial score (nSPS) is 10.9. The number of nitrogens with zero attached hydrogens (tertiary/aromatic N) is 1. The number of nitrogens with one attached hydrogen (secondary N) is 2. The monoisotopic (exact) mass is 397 g/mol. The van der Waals surface area contributed by atoms with Crippen LogP contribution in [0, 0.1) is 6.92 Å². The Hall–Kier alpha value is -3.39. The zero-order valence-corrected chi connectivity index (χ0v) is 16.2. The van der Waals surface area contributed by atoms with Gasteiger partial charge in [-0.3, -0.25) is 14.5 Å². The highest BCUT2D eigenvalue weighted by Gasteiger charge is 2.17. The molecule has 144 valence electrons. The molecule has 0 aliphatic rings. The number of carbonyl (C=O) groups excluding carboxylic acids is 1. The molecule has 0 aliphatic heterocycles. The topological polar surface area (TPSA) is 97.4 Å². The van der Waals surface area contributed by atoms with Crippen molar-refractivity contribution in [3.8, 4) is 5.75 Å². The first-order valence-electron chi connectivity index (χ1n) is 8.39. The number of hydrogen-bond donors (Lipinski definition) is 2. The molecule has 2 aromatic carbocycles. The van der Waals surface area contributed by atoms with Gasteiger partial charge in [-0.2, -0.15) is 0 Å². The van der Waals surface area contributed by atoms with Gasteiger partial charge in [0.1, 0.15) is 11.4 Å². The van der Waals surface area contributed by atoms with Crippen LogP contribution in [-0.4, -0.2) is 26.4 Å². The second-order valence-electron chi connectivity index (χ2n) is 5.98. The van der Waals surface area contributed by atoms with Crippen LogP contribution in [0.1, 0.15) is 16.1 Å². The maximum absolute atomic E-state index is 12.7. The van der Waals surface area contributed by atoms with Crippen LogP contribution in [0.2, 0.25) is 0 Å². The minimum atomic E-state index is -3.83. The fourth-order valence-corrected chi connectivity index (χ4v) is 3.54. The van der Waals surface area contributed by atoms with Crippen LogP contribution in [0.25, 0.3) is 0 Å². The van der Waals surface area contributed by atoms with Gasteiger partial charge in [-0.25, -0.2) is 8.42 Å². The van der Waals surface area contributed by atoms with Crippen molar-refractivity contribution in [2.24, 2.45) is 0 Å². The van der Waals surface area contributed by atoms with Gasteiger partial charge in [-0.1, -0.05) is 12.1 Å². The number of anilines is 2. The number of carbonyl (C=O) groups is 1. The van der Waals surface area contributed by atoms with E-state index >= 15 is 0 Å². The lowest BCUT2D eigenvalue weighted by Gasteiger charge is -2.12. The van der Waals surface area contributed by atoms with E-state index in [1.807, 2.05) is 0 Å². The van der Waals surface area contributed by atoms with Crippen LogP contribution >= 0.6 is 0 Å². The quantitative estimate of drug-likeness (QED) is 0.664. The first kappa shape index (κ1) is 19.4. The predicted molar refractivity (Wildman–Crippen MR) is 107 cm³/mol. The number of sulfonamides is 1. The number of aryl methyl sites for hydroxylation is 1. The van der Waals surface area contributed by atoms with Gasteiger partial charge in [0.2, 0.25) is 0 Å². The fourth-order valence-electron chi connectivity index (χ4n) is 2.46. The number of aromatic nitrogens is 1. The Bertz CT molecular complexity index is 1080. The van der Waals surface area contributed by atoms with E-state index in [0.29, 0.717) is 17.1 Å². The second-order valence-corrected chi connectivity index (χ2v) is 7.66. The van der Waals surface area contributed by atoms with Crippen molar-refractivity contribution >= 4 is 27.3 Å². The Kier molecular flexibility index (Phi) is 5.60. The fraction of sp³-hybridized carbons (Fsp3) is 0.100. The molecule has 3 rings (SSSR count). The molecule has 7 nitrogen and oxygen atoms in total. The number of hydrogen-bond acceptors (Lipinski definition) is 5. The van der Waals surface area contributed by atoms with E-state index in [4.69, 9.17) is 4.74 Å². The van der Waals surface area contributed by atoms with Gasteiger partial charge in [0.05, 0.1) is 12.0 Å². The lowest BCUT2D eigenvalue weighted by atomic mass is 10.2. The third kappa shape index (κ3) is 4.47. The SMILES string of the molecule is COc1ccc(NS(=O)(=O)c2ccc(C)c(NC(=O)c3ccccn3)c2)cc1. The van der Waals surface area contributed by atoms with E-state index in [-0.39, 0.29) is 10.6 Å². The molecule has 1 heterocycles. The van der Waals surface area contributed by atoms with E-state index in [1.54, 1.807) is 55.5 Å². The summed E-state index contributed by atoms with van der Waals surface area (Å²) in [6.45, 7) is 1.78. The molecule has 3 aromatic rings. The Morgan fingerprint density at radius 3 is 2.43 bits per heavy atom. The summed E-state index contributed by atoms with van der Waals surface area (Å²) in [4.78, 5) is 16.4. The van der Waals surface area contributed by atoms with Crippen LogP contribution < -0.4 is 14.8 Å². The standard InChI is InChI=1S/C20H19N3O4S/c1-14-6-11-17(13-19(14)22-20(24)18-5-3-4-12-21-18)28(25,26)23-15-7-9-16(27-2)10-8-15/h3-13,23H,1-2H3,(H,22,24). The number of amides is 1. The first-order valence-corrected chi connectivity index (χ1v) is 9.87. The van der Waals surface area contributed by atoms with Crippen LogP contribution in [0.4, 0.5) is 11.4 Å². The Balaban J connectivity index is 1.83. The second kappa shape index (κ2) is 8.10. The minimum absolute atomic E-state index is 0.0326. The highest BCUT2D eigenvalue weighted by atomic mass is 32.2. The van der Waals surface area contributed by atoms with Crippen molar-refractivity contribution < 1.29 is 17.9 Å². The van der Waals surface area contributed by atoms with Crippen LogP contribution in [0.15, 0.2) is 71.8 Å². The van der Waals surface area contributed by atoms with Gasteiger partial charge in [0, 0.05) is 17.6 Å². The zero-order chi connectivity index (χ0) is 20.1. The Morgan fingerprint density at radius 1 is 1.04 bits per heavy atom. The molecule has 1 amide bonds. The summed E-state index contributed by atoms with van der Waals surface area (Å²) < 4.78 is 33.0. The highest BCUT2D eigenvalue weighted by Crippen LogP contribution is 2.24. The molecule has 0 aliphatic carbocycles. The summed E-state index contributed by atoms with van der Waals surface area (Å²) in [7, 11) is -2.30. The number of pyridine rings is 1. The smallest absolute Gasteiger partial charge is 0.274 e. The highest BCUT2D eigenvalue weighted by molar-refractivity contribution is 7.92. The summed E-state index contributed by atoms with van der Waals surface area (Å²) in [5.74, 6) is 0.208. The predicted octanol–water partition coefficient (Wildman–Crippen LogP) is 3.45. The van der Waals surface area contributed by atoms with Crippen LogP contribution in [-0.2, 0) is 10.0 Å². The molecule has 0 saturated heterocycles. The average molecular weight is 397 g/mol. The molecular formula is C20H19N3O4S. The molecule has 0 fully saturated rings. The Labute approximate surface area is 163 Å². The summed E-state index contributed by atoms with van der Waals surface area (Å²) in [5.41, 5.74) is 1.77. The van der Waals surface area contributed by atoms with Crippen molar-refractivity contribution in [1.82, 2.24) is 4.98 Å². The van der Waals surface area contributed by atoms with Gasteiger partial charge < -0.3 is 10.1 Å². The average Bonchev–Trinajstić information content (AvgIpc) is 2.70. The number of ether oxygens (including phenoxy) is 1. The van der Waals surface area contributed by atoms with E-state index in [9.17, 15) is 13.2 Å². The molecular weight excluding hydrogens is 378 g/mol. The summed E-state index contributed by atoms with van der Waals surface area (Å²) in [6.07, 6.45) is 1.52. The lowest BCUT2D eigenvalue weighted by Crippen LogP contribution is -2.16. The van der Waals surface area contributed by atoms with Crippen molar-refractivity contribution in [3.63, 3.8) is 0 Å². The largest absolute Gasteiger partial charge is 0.497 e. The van der Waals surface area contributed by atoms with Crippen LogP contribution in [0.5, 0.6) is 5.75 Å². The molecule has 0 bridgehead atoms. The Morgan fingerprint density at radius 2 is 1.79 bits per heavy atom. The van der Waals surface area contributed by atoms with Gasteiger partial charge >= 0.3 is 0 Å². The molecule has 1 aromatic heterocycles. The molecule has 0 saturated carbocycles. The van der Waals surface area contributed by atoms with E-state index < -0.39 is 15.9 Å². The molecule has 8 heteroatoms. The van der Waals surface area contributed by atoms with Crippen molar-refractivity contribution in [1.29, 1.82) is 0 Å². The van der Waals surface area contributed by atoms with Crippen molar-refractivity contribution in [2.75, 3.05) is 17.1 Å². The minimum Gasteiger partial charge on any atom is -0.497 e. The van der Waals surface area contributed by atoms with E-state index in [0.717, 1.165) is 5.56 Å². The third-order valence-corrected chi connectivity index (χ3v) is 5.39. The molecule has 28 heavy (non-hydrogen) atoms. The van der Waals surface area contributed by atoms with Gasteiger partial charge in [0.15, 0.2) is 0 Å². The van der Waals surface area contributed by atoms with Gasteiger partial charge in [-0.05, 0) is 61.0 Å². The maximum atomic E-state index is 12.7.